The van der Waals surface area contributed by atoms with Crippen LogP contribution >= 0.6 is 0 Å². The minimum atomic E-state index is -0.288. The number of ether oxygens (including phenoxy) is 1. The molecule has 18 heavy (non-hydrogen) atoms. The van der Waals surface area contributed by atoms with Crippen molar-refractivity contribution in [2.24, 2.45) is 5.73 Å². The molecular weight excluding hydrogens is 224 g/mol. The van der Waals surface area contributed by atoms with Crippen LogP contribution in [-0.2, 0) is 0 Å². The predicted octanol–water partition coefficient (Wildman–Crippen LogP) is 2.81. The van der Waals surface area contributed by atoms with E-state index in [9.17, 15) is 0 Å². The molecule has 0 amide bonds. The van der Waals surface area contributed by atoms with Gasteiger partial charge in [0.1, 0.15) is 5.75 Å². The molecule has 0 saturated heterocycles. The van der Waals surface area contributed by atoms with Crippen LogP contribution in [0.2, 0.25) is 0 Å². The van der Waals surface area contributed by atoms with Crippen molar-refractivity contribution in [3.8, 4) is 5.75 Å². The fourth-order valence-corrected chi connectivity index (χ4v) is 2.39. The van der Waals surface area contributed by atoms with Crippen molar-refractivity contribution >= 4 is 0 Å². The zero-order valence-corrected chi connectivity index (χ0v) is 12.4. The summed E-state index contributed by atoms with van der Waals surface area (Å²) in [7, 11) is 4.11. The first-order chi connectivity index (χ1) is 8.21. The second-order valence-corrected chi connectivity index (χ2v) is 5.92. The molecule has 1 unspecified atom stereocenters. The van der Waals surface area contributed by atoms with Gasteiger partial charge in [0, 0.05) is 5.54 Å². The van der Waals surface area contributed by atoms with E-state index in [0.29, 0.717) is 0 Å². The first kappa shape index (κ1) is 15.0. The number of nitrogens with two attached hydrogens (primary N) is 1. The molecule has 0 aliphatic heterocycles. The molecule has 0 heterocycles. The Labute approximate surface area is 111 Å². The monoisotopic (exact) mass is 250 g/mol. The molecular formula is C15H26N2O. The highest BCUT2D eigenvalue weighted by Gasteiger charge is 2.28. The van der Waals surface area contributed by atoms with Crippen LogP contribution in [-0.4, -0.2) is 30.6 Å². The lowest BCUT2D eigenvalue weighted by molar-refractivity contribution is 0.204. The maximum absolute atomic E-state index is 6.26. The van der Waals surface area contributed by atoms with Gasteiger partial charge in [0.05, 0.1) is 12.1 Å². The van der Waals surface area contributed by atoms with E-state index in [4.69, 9.17) is 10.5 Å². The van der Waals surface area contributed by atoms with Crippen molar-refractivity contribution in [1.29, 1.82) is 0 Å². The van der Waals surface area contributed by atoms with Gasteiger partial charge in [0.15, 0.2) is 0 Å². The van der Waals surface area contributed by atoms with Gasteiger partial charge in [-0.3, -0.25) is 0 Å². The zero-order chi connectivity index (χ0) is 13.9. The Kier molecular flexibility index (Phi) is 4.77. The quantitative estimate of drug-likeness (QED) is 0.873. The van der Waals surface area contributed by atoms with Crippen LogP contribution in [0.5, 0.6) is 5.75 Å². The van der Waals surface area contributed by atoms with Gasteiger partial charge in [-0.25, -0.2) is 0 Å². The van der Waals surface area contributed by atoms with Crippen LogP contribution in [0.25, 0.3) is 0 Å². The van der Waals surface area contributed by atoms with Gasteiger partial charge >= 0.3 is 0 Å². The normalized spacial score (nSPS) is 14.1. The van der Waals surface area contributed by atoms with Gasteiger partial charge in [0.2, 0.25) is 0 Å². The van der Waals surface area contributed by atoms with Crippen molar-refractivity contribution in [3.63, 3.8) is 0 Å². The molecule has 0 aromatic heterocycles. The van der Waals surface area contributed by atoms with Crippen molar-refractivity contribution < 1.29 is 4.74 Å². The van der Waals surface area contributed by atoms with E-state index >= 15 is 0 Å². The summed E-state index contributed by atoms with van der Waals surface area (Å²) in [6.07, 6.45) is 0.200. The first-order valence-corrected chi connectivity index (χ1v) is 6.43. The molecule has 1 rings (SSSR count). The summed E-state index contributed by atoms with van der Waals surface area (Å²) in [5.41, 5.74) is 7.18. The molecule has 2 N–H and O–H groups in total. The summed E-state index contributed by atoms with van der Waals surface area (Å²) in [4.78, 5) is 2.15. The maximum atomic E-state index is 6.26. The Hall–Kier alpha value is -1.06. The molecule has 0 bridgehead atoms. The fraction of sp³-hybridized carbons (Fsp3) is 0.600. The van der Waals surface area contributed by atoms with Gasteiger partial charge in [-0.1, -0.05) is 12.1 Å². The summed E-state index contributed by atoms with van der Waals surface area (Å²) in [5, 5.41) is 0. The van der Waals surface area contributed by atoms with E-state index in [1.165, 1.54) is 5.56 Å². The first-order valence-electron chi connectivity index (χ1n) is 6.43. The van der Waals surface area contributed by atoms with Crippen LogP contribution in [0.3, 0.4) is 0 Å². The van der Waals surface area contributed by atoms with E-state index < -0.39 is 0 Å². The van der Waals surface area contributed by atoms with Crippen molar-refractivity contribution in [2.75, 3.05) is 14.1 Å². The second kappa shape index (κ2) is 5.72. The number of rotatable bonds is 5. The number of hydrogen-bond acceptors (Lipinski definition) is 3. The summed E-state index contributed by atoms with van der Waals surface area (Å²) in [5.74, 6) is 0.904. The molecule has 0 spiro atoms. The van der Waals surface area contributed by atoms with E-state index in [-0.39, 0.29) is 17.7 Å². The van der Waals surface area contributed by atoms with Crippen LogP contribution in [0.1, 0.15) is 39.3 Å². The van der Waals surface area contributed by atoms with E-state index in [0.717, 1.165) is 5.75 Å². The Morgan fingerprint density at radius 2 is 1.61 bits per heavy atom. The Balaban J connectivity index is 2.95. The van der Waals surface area contributed by atoms with Crippen molar-refractivity contribution in [1.82, 2.24) is 4.90 Å². The lowest BCUT2D eigenvalue weighted by atomic mass is 9.89. The molecule has 3 nitrogen and oxygen atoms in total. The second-order valence-electron chi connectivity index (χ2n) is 5.92. The molecule has 0 saturated carbocycles. The SMILES string of the molecule is CC(C)Oc1ccc(C(N(C)C)C(C)(C)N)cc1. The molecule has 1 atom stereocenters. The summed E-state index contributed by atoms with van der Waals surface area (Å²) in [6, 6.07) is 8.40. The Morgan fingerprint density at radius 3 is 1.94 bits per heavy atom. The van der Waals surface area contributed by atoms with Crippen LogP contribution in [0, 0.1) is 0 Å². The average Bonchev–Trinajstić information content (AvgIpc) is 2.17. The largest absolute Gasteiger partial charge is 0.491 e. The minimum absolute atomic E-state index is 0.186. The predicted molar refractivity (Wildman–Crippen MR) is 76.9 cm³/mol. The Morgan fingerprint density at radius 1 is 1.11 bits per heavy atom. The van der Waals surface area contributed by atoms with Gasteiger partial charge in [0.25, 0.3) is 0 Å². The molecule has 1 aromatic carbocycles. The summed E-state index contributed by atoms with van der Waals surface area (Å²) in [6.45, 7) is 8.16. The minimum Gasteiger partial charge on any atom is -0.491 e. The third kappa shape index (κ3) is 4.00. The average molecular weight is 250 g/mol. The third-order valence-corrected chi connectivity index (χ3v) is 2.79. The van der Waals surface area contributed by atoms with Crippen LogP contribution in [0.15, 0.2) is 24.3 Å². The van der Waals surface area contributed by atoms with Crippen molar-refractivity contribution in [2.45, 2.75) is 45.4 Å². The highest BCUT2D eigenvalue weighted by molar-refractivity contribution is 5.30. The number of nitrogens with zero attached hydrogens (tertiary/aromatic N) is 1. The highest BCUT2D eigenvalue weighted by atomic mass is 16.5. The fourth-order valence-electron chi connectivity index (χ4n) is 2.39. The molecule has 1 aromatic rings. The number of hydrogen-bond donors (Lipinski definition) is 1. The maximum Gasteiger partial charge on any atom is 0.119 e. The molecule has 102 valence electrons. The van der Waals surface area contributed by atoms with E-state index in [2.05, 4.69) is 45.0 Å². The summed E-state index contributed by atoms with van der Waals surface area (Å²) >= 11 is 0. The molecule has 0 aliphatic carbocycles. The van der Waals surface area contributed by atoms with Crippen molar-refractivity contribution in [3.05, 3.63) is 29.8 Å². The van der Waals surface area contributed by atoms with Gasteiger partial charge in [-0.05, 0) is 59.5 Å². The lowest BCUT2D eigenvalue weighted by Crippen LogP contribution is -2.45. The van der Waals surface area contributed by atoms with Crippen LogP contribution < -0.4 is 10.5 Å². The summed E-state index contributed by atoms with van der Waals surface area (Å²) < 4.78 is 5.65. The number of likely N-dealkylation sites (N-methyl/N-ethyl adjacent to an activating group) is 1. The number of benzene rings is 1. The van der Waals surface area contributed by atoms with E-state index in [1.54, 1.807) is 0 Å². The third-order valence-electron chi connectivity index (χ3n) is 2.79. The molecule has 0 aliphatic rings. The van der Waals surface area contributed by atoms with E-state index in [1.807, 2.05) is 26.0 Å². The molecule has 0 radical (unpaired) electrons. The van der Waals surface area contributed by atoms with Gasteiger partial charge < -0.3 is 15.4 Å². The topological polar surface area (TPSA) is 38.5 Å². The zero-order valence-electron chi connectivity index (χ0n) is 12.4. The molecule has 3 heteroatoms. The van der Waals surface area contributed by atoms with Gasteiger partial charge in [-0.15, -0.1) is 0 Å². The van der Waals surface area contributed by atoms with Gasteiger partial charge in [-0.2, -0.15) is 0 Å². The standard InChI is InChI=1S/C15H26N2O/c1-11(2)18-13-9-7-12(8-10-13)14(17(5)6)15(3,4)16/h7-11,14H,16H2,1-6H3. The lowest BCUT2D eigenvalue weighted by Gasteiger charge is -2.36. The Bertz CT molecular complexity index is 363. The smallest absolute Gasteiger partial charge is 0.119 e. The molecule has 0 fully saturated rings. The highest BCUT2D eigenvalue weighted by Crippen LogP contribution is 2.29. The van der Waals surface area contributed by atoms with Crippen LogP contribution in [0.4, 0.5) is 0 Å².